The molecule has 0 aliphatic heterocycles. The van der Waals surface area contributed by atoms with E-state index in [1.807, 2.05) is 64.1 Å². The van der Waals surface area contributed by atoms with Crippen LogP contribution in [0.1, 0.15) is 61.3 Å². The molecule has 1 aliphatic carbocycles. The first-order chi connectivity index (χ1) is 19.6. The molecule has 1 aliphatic rings. The van der Waals surface area contributed by atoms with Crippen molar-refractivity contribution in [1.29, 1.82) is 0 Å². The standard InChI is InChI=1S/C33H41N3O4S/c1-5-31(33(38)34-28-8-6-7-9-28)35(22-27-16-10-24(2)11-17-27)32(37)23-36(29-18-12-25(3)13-19-29)41(39,40)30-20-14-26(4)15-21-30/h10-21,28,31H,5-9,22-23H2,1-4H3,(H,34,38). The van der Waals surface area contributed by atoms with E-state index >= 15 is 0 Å². The number of hydrogen-bond donors (Lipinski definition) is 1. The quantitative estimate of drug-likeness (QED) is 0.319. The van der Waals surface area contributed by atoms with Gasteiger partial charge in [0.15, 0.2) is 0 Å². The molecule has 0 heterocycles. The molecule has 0 spiro atoms. The lowest BCUT2D eigenvalue weighted by Crippen LogP contribution is -2.53. The number of rotatable bonds is 11. The Morgan fingerprint density at radius 2 is 1.34 bits per heavy atom. The van der Waals surface area contributed by atoms with Crippen LogP contribution in [0.3, 0.4) is 0 Å². The zero-order valence-corrected chi connectivity index (χ0v) is 25.3. The topological polar surface area (TPSA) is 86.8 Å². The third kappa shape index (κ3) is 7.55. The minimum atomic E-state index is -4.08. The fourth-order valence-corrected chi connectivity index (χ4v) is 6.67. The average molecular weight is 576 g/mol. The van der Waals surface area contributed by atoms with Gasteiger partial charge >= 0.3 is 0 Å². The van der Waals surface area contributed by atoms with Gasteiger partial charge in [0.05, 0.1) is 10.6 Å². The van der Waals surface area contributed by atoms with Gasteiger partial charge in [0.1, 0.15) is 12.6 Å². The predicted molar refractivity (Wildman–Crippen MR) is 163 cm³/mol. The highest BCUT2D eigenvalue weighted by Crippen LogP contribution is 2.26. The van der Waals surface area contributed by atoms with Crippen molar-refractivity contribution in [2.75, 3.05) is 10.8 Å². The highest BCUT2D eigenvalue weighted by atomic mass is 32.2. The van der Waals surface area contributed by atoms with Gasteiger partial charge in [-0.2, -0.15) is 0 Å². The van der Waals surface area contributed by atoms with Crippen LogP contribution in [-0.4, -0.2) is 43.8 Å². The van der Waals surface area contributed by atoms with Gasteiger partial charge in [-0.05, 0) is 69.9 Å². The Bertz CT molecular complexity index is 1430. The van der Waals surface area contributed by atoms with Gasteiger partial charge in [-0.15, -0.1) is 0 Å². The molecular weight excluding hydrogens is 534 g/mol. The smallest absolute Gasteiger partial charge is 0.264 e. The van der Waals surface area contributed by atoms with Crippen LogP contribution in [0.4, 0.5) is 5.69 Å². The van der Waals surface area contributed by atoms with Crippen LogP contribution < -0.4 is 9.62 Å². The molecule has 8 heteroatoms. The number of nitrogens with zero attached hydrogens (tertiary/aromatic N) is 2. The van der Waals surface area contributed by atoms with Gasteiger partial charge in [-0.3, -0.25) is 13.9 Å². The van der Waals surface area contributed by atoms with Crippen molar-refractivity contribution in [3.63, 3.8) is 0 Å². The van der Waals surface area contributed by atoms with E-state index in [4.69, 9.17) is 0 Å². The Kier molecular flexibility index (Phi) is 9.86. The lowest BCUT2D eigenvalue weighted by Gasteiger charge is -2.34. The summed E-state index contributed by atoms with van der Waals surface area (Å²) < 4.78 is 29.1. The second-order valence-electron chi connectivity index (χ2n) is 11.1. The molecule has 3 aromatic rings. The lowest BCUT2D eigenvalue weighted by atomic mass is 10.1. The summed E-state index contributed by atoms with van der Waals surface area (Å²) >= 11 is 0. The first-order valence-electron chi connectivity index (χ1n) is 14.4. The SMILES string of the molecule is CCC(C(=O)NC1CCCC1)N(Cc1ccc(C)cc1)C(=O)CN(c1ccc(C)cc1)S(=O)(=O)c1ccc(C)cc1. The summed E-state index contributed by atoms with van der Waals surface area (Å²) in [5.41, 5.74) is 4.27. The molecule has 0 aromatic heterocycles. The Morgan fingerprint density at radius 1 is 0.829 bits per heavy atom. The number of carbonyl (C=O) groups is 2. The highest BCUT2D eigenvalue weighted by molar-refractivity contribution is 7.92. The van der Waals surface area contributed by atoms with Crippen molar-refractivity contribution >= 4 is 27.5 Å². The Balaban J connectivity index is 1.70. The number of amides is 2. The van der Waals surface area contributed by atoms with Crippen molar-refractivity contribution in [3.05, 3.63) is 95.1 Å². The van der Waals surface area contributed by atoms with Gasteiger partial charge in [0, 0.05) is 12.6 Å². The molecule has 1 fully saturated rings. The third-order valence-electron chi connectivity index (χ3n) is 7.77. The summed E-state index contributed by atoms with van der Waals surface area (Å²) in [5, 5.41) is 3.15. The summed E-state index contributed by atoms with van der Waals surface area (Å²) in [7, 11) is -4.08. The number of nitrogens with one attached hydrogen (secondary N) is 1. The van der Waals surface area contributed by atoms with Crippen molar-refractivity contribution in [3.8, 4) is 0 Å². The van der Waals surface area contributed by atoms with Crippen LogP contribution in [0.2, 0.25) is 0 Å². The number of benzene rings is 3. The largest absolute Gasteiger partial charge is 0.352 e. The molecule has 7 nitrogen and oxygen atoms in total. The Hall–Kier alpha value is -3.65. The van der Waals surface area contributed by atoms with Crippen LogP contribution in [-0.2, 0) is 26.2 Å². The van der Waals surface area contributed by atoms with Crippen molar-refractivity contribution in [2.24, 2.45) is 0 Å². The molecule has 1 unspecified atom stereocenters. The number of sulfonamides is 1. The predicted octanol–water partition coefficient (Wildman–Crippen LogP) is 5.67. The summed E-state index contributed by atoms with van der Waals surface area (Å²) in [6, 6.07) is 20.9. The third-order valence-corrected chi connectivity index (χ3v) is 9.56. The summed E-state index contributed by atoms with van der Waals surface area (Å²) in [6.07, 6.45) is 4.44. The summed E-state index contributed by atoms with van der Waals surface area (Å²) in [5.74, 6) is -0.626. The fourth-order valence-electron chi connectivity index (χ4n) is 5.25. The van der Waals surface area contributed by atoms with Crippen LogP contribution in [0.15, 0.2) is 77.7 Å². The van der Waals surface area contributed by atoms with Gasteiger partial charge in [0.25, 0.3) is 10.0 Å². The van der Waals surface area contributed by atoms with Gasteiger partial charge in [-0.1, -0.05) is 85.0 Å². The lowest BCUT2D eigenvalue weighted by molar-refractivity contribution is -0.140. The van der Waals surface area contributed by atoms with E-state index in [1.165, 1.54) is 0 Å². The maximum atomic E-state index is 14.2. The number of hydrogen-bond acceptors (Lipinski definition) is 4. The second-order valence-corrected chi connectivity index (χ2v) is 12.9. The van der Waals surface area contributed by atoms with E-state index < -0.39 is 28.5 Å². The van der Waals surface area contributed by atoms with E-state index in [0.717, 1.165) is 52.2 Å². The zero-order chi connectivity index (χ0) is 29.6. The Labute approximate surface area is 244 Å². The first kappa shape index (κ1) is 30.3. The summed E-state index contributed by atoms with van der Waals surface area (Å²) in [6.45, 7) is 7.45. The van der Waals surface area contributed by atoms with Crippen LogP contribution in [0.25, 0.3) is 0 Å². The fraction of sp³-hybridized carbons (Fsp3) is 0.394. The van der Waals surface area contributed by atoms with Crippen molar-refractivity contribution in [2.45, 2.75) is 83.3 Å². The molecule has 0 radical (unpaired) electrons. The molecule has 1 saturated carbocycles. The molecule has 1 N–H and O–H groups in total. The Morgan fingerprint density at radius 3 is 1.88 bits per heavy atom. The van der Waals surface area contributed by atoms with Crippen molar-refractivity contribution < 1.29 is 18.0 Å². The molecule has 0 saturated heterocycles. The monoisotopic (exact) mass is 575 g/mol. The van der Waals surface area contributed by atoms with E-state index in [2.05, 4.69) is 5.32 Å². The number of aryl methyl sites for hydroxylation is 3. The van der Waals surface area contributed by atoms with E-state index in [-0.39, 0.29) is 23.4 Å². The number of anilines is 1. The molecule has 1 atom stereocenters. The average Bonchev–Trinajstić information content (AvgIpc) is 3.46. The van der Waals surface area contributed by atoms with Gasteiger partial charge in [0.2, 0.25) is 11.8 Å². The maximum absolute atomic E-state index is 14.2. The maximum Gasteiger partial charge on any atom is 0.264 e. The molecule has 41 heavy (non-hydrogen) atoms. The van der Waals surface area contributed by atoms with Crippen molar-refractivity contribution in [1.82, 2.24) is 10.2 Å². The molecule has 218 valence electrons. The molecular formula is C33H41N3O4S. The molecule has 2 amide bonds. The first-order valence-corrected chi connectivity index (χ1v) is 15.8. The minimum absolute atomic E-state index is 0.104. The number of carbonyl (C=O) groups excluding carboxylic acids is 2. The van der Waals surface area contributed by atoms with E-state index in [1.54, 1.807) is 41.3 Å². The minimum Gasteiger partial charge on any atom is -0.352 e. The van der Waals surface area contributed by atoms with E-state index in [0.29, 0.717) is 12.1 Å². The molecule has 4 rings (SSSR count). The van der Waals surface area contributed by atoms with Crippen LogP contribution in [0, 0.1) is 20.8 Å². The van der Waals surface area contributed by atoms with Gasteiger partial charge in [-0.25, -0.2) is 8.42 Å². The normalized spacial score (nSPS) is 14.4. The van der Waals surface area contributed by atoms with Gasteiger partial charge < -0.3 is 10.2 Å². The molecule has 0 bridgehead atoms. The molecule has 3 aromatic carbocycles. The highest BCUT2D eigenvalue weighted by Gasteiger charge is 2.34. The second kappa shape index (κ2) is 13.3. The summed E-state index contributed by atoms with van der Waals surface area (Å²) in [4.78, 5) is 29.4. The van der Waals surface area contributed by atoms with Crippen LogP contribution in [0.5, 0.6) is 0 Å². The van der Waals surface area contributed by atoms with E-state index in [9.17, 15) is 18.0 Å². The van der Waals surface area contributed by atoms with Crippen LogP contribution >= 0.6 is 0 Å². The zero-order valence-electron chi connectivity index (χ0n) is 24.5.